The molecule has 218 valence electrons. The van der Waals surface area contributed by atoms with Crippen LogP contribution >= 0.6 is 0 Å². The summed E-state index contributed by atoms with van der Waals surface area (Å²) in [5.41, 5.74) is 7.31. The highest BCUT2D eigenvalue weighted by atomic mass is 16.7. The number of anilines is 2. The van der Waals surface area contributed by atoms with Gasteiger partial charge in [-0.1, -0.05) is 37.3 Å². The normalized spacial score (nSPS) is 16.5. The number of fused-ring (bicyclic) bond motifs is 1. The van der Waals surface area contributed by atoms with Crippen LogP contribution in [0.4, 0.5) is 11.4 Å². The fraction of sp³-hybridized carbons (Fsp3) is 0.281. The molecule has 10 heteroatoms. The van der Waals surface area contributed by atoms with E-state index in [1.807, 2.05) is 37.3 Å². The third-order valence-electron chi connectivity index (χ3n) is 7.60. The number of nitrogens with zero attached hydrogens (tertiary/aromatic N) is 2. The van der Waals surface area contributed by atoms with Gasteiger partial charge in [0.2, 0.25) is 0 Å². The molecule has 2 amide bonds. The summed E-state index contributed by atoms with van der Waals surface area (Å²) in [5, 5.41) is 15.9. The molecule has 0 bridgehead atoms. The molecule has 0 unspecified atom stereocenters. The highest BCUT2D eigenvalue weighted by Crippen LogP contribution is 2.39. The predicted octanol–water partition coefficient (Wildman–Crippen LogP) is 3.79. The summed E-state index contributed by atoms with van der Waals surface area (Å²) in [6, 6.07) is 19.6. The monoisotopic (exact) mass is 569 g/mol. The first-order chi connectivity index (χ1) is 20.3. The minimum absolute atomic E-state index is 0.171. The van der Waals surface area contributed by atoms with E-state index in [1.165, 1.54) is 6.07 Å². The average Bonchev–Trinajstić information content (AvgIpc) is 3.33. The minimum atomic E-state index is -1.03. The highest BCUT2D eigenvalue weighted by Gasteiger charge is 2.30. The van der Waals surface area contributed by atoms with Crippen LogP contribution in [0, 0.1) is 0 Å². The molecule has 3 aromatic carbocycles. The molecule has 2 heterocycles. The van der Waals surface area contributed by atoms with E-state index < -0.39 is 5.97 Å². The summed E-state index contributed by atoms with van der Waals surface area (Å²) < 4.78 is 0. The minimum Gasteiger partial charge on any atom is -0.478 e. The first-order valence-electron chi connectivity index (χ1n) is 14.1. The van der Waals surface area contributed by atoms with Crippen LogP contribution in [0.15, 0.2) is 66.7 Å². The topological polar surface area (TPSA) is 123 Å². The molecule has 0 aliphatic carbocycles. The molecule has 3 aromatic rings. The maximum absolute atomic E-state index is 13.3. The Kier molecular flexibility index (Phi) is 8.97. The van der Waals surface area contributed by atoms with Crippen molar-refractivity contribution in [3.63, 3.8) is 0 Å². The molecule has 0 aromatic heterocycles. The number of aromatic carboxylic acids is 1. The van der Waals surface area contributed by atoms with Crippen molar-refractivity contribution < 1.29 is 24.3 Å². The standard InChI is InChI=1S/C32H35N5O5/c1-3-21-19-26-27(20-25(21)32(40)41)34-31(39)28(26)29(22-7-5-4-6-8-22)33-24-11-9-23(10-12-24)30(38)35-42-18-17-37-15-13-36(2)14-16-37/h4-12,19-20,33H,3,13-18H2,1-2H3,(H,34,39)(H,35,38)(H,40,41). The van der Waals surface area contributed by atoms with Crippen LogP contribution in [0.25, 0.3) is 11.3 Å². The zero-order chi connectivity index (χ0) is 29.6. The number of carbonyl (C=O) groups excluding carboxylic acids is 2. The first-order valence-corrected chi connectivity index (χ1v) is 14.1. The quantitative estimate of drug-likeness (QED) is 0.165. The average molecular weight is 570 g/mol. The van der Waals surface area contributed by atoms with Crippen LogP contribution < -0.4 is 16.1 Å². The second-order valence-corrected chi connectivity index (χ2v) is 10.4. The number of nitrogens with one attached hydrogen (secondary N) is 3. The predicted molar refractivity (Wildman–Crippen MR) is 162 cm³/mol. The van der Waals surface area contributed by atoms with Crippen molar-refractivity contribution in [3.05, 3.63) is 94.5 Å². The number of benzene rings is 3. The number of hydrogen-bond acceptors (Lipinski definition) is 7. The zero-order valence-electron chi connectivity index (χ0n) is 23.8. The Labute approximate surface area is 244 Å². The summed E-state index contributed by atoms with van der Waals surface area (Å²) in [6.45, 7) is 7.06. The molecule has 0 atom stereocenters. The third kappa shape index (κ3) is 6.52. The number of carbonyl (C=O) groups is 3. The summed E-state index contributed by atoms with van der Waals surface area (Å²) >= 11 is 0. The SMILES string of the molecule is CCc1cc2c(cc1C(=O)O)NC(=O)C2=C(Nc1ccc(C(=O)NOCCN2CCN(C)CC2)cc1)c1ccccc1. The van der Waals surface area contributed by atoms with Crippen LogP contribution in [0.2, 0.25) is 0 Å². The smallest absolute Gasteiger partial charge is 0.336 e. The molecular formula is C32H35N5O5. The van der Waals surface area contributed by atoms with Crippen molar-refractivity contribution in [2.24, 2.45) is 0 Å². The van der Waals surface area contributed by atoms with Crippen molar-refractivity contribution in [2.75, 3.05) is 57.0 Å². The van der Waals surface area contributed by atoms with Gasteiger partial charge in [-0.3, -0.25) is 19.3 Å². The van der Waals surface area contributed by atoms with Gasteiger partial charge in [0.15, 0.2) is 0 Å². The van der Waals surface area contributed by atoms with Crippen LogP contribution in [-0.4, -0.2) is 79.1 Å². The number of carboxylic acid groups (broad SMARTS) is 1. The number of aryl methyl sites for hydroxylation is 1. The summed E-state index contributed by atoms with van der Waals surface area (Å²) in [5.74, 6) is -1.70. The summed E-state index contributed by atoms with van der Waals surface area (Å²) in [7, 11) is 2.11. The van der Waals surface area contributed by atoms with E-state index in [9.17, 15) is 19.5 Å². The van der Waals surface area contributed by atoms with E-state index in [4.69, 9.17) is 4.84 Å². The molecule has 0 saturated carbocycles. The largest absolute Gasteiger partial charge is 0.478 e. The van der Waals surface area contributed by atoms with Crippen molar-refractivity contribution >= 4 is 40.4 Å². The highest BCUT2D eigenvalue weighted by molar-refractivity contribution is 6.37. The molecule has 5 rings (SSSR count). The van der Waals surface area contributed by atoms with Gasteiger partial charge < -0.3 is 20.6 Å². The number of amides is 2. The molecule has 2 aliphatic rings. The molecule has 1 saturated heterocycles. The van der Waals surface area contributed by atoms with E-state index in [0.717, 1.165) is 38.3 Å². The van der Waals surface area contributed by atoms with E-state index in [2.05, 4.69) is 33.0 Å². The van der Waals surface area contributed by atoms with Crippen LogP contribution in [0.3, 0.4) is 0 Å². The van der Waals surface area contributed by atoms with Crippen molar-refractivity contribution in [1.82, 2.24) is 15.3 Å². The lowest BCUT2D eigenvalue weighted by Gasteiger charge is -2.32. The van der Waals surface area contributed by atoms with Gasteiger partial charge in [0.05, 0.1) is 29.1 Å². The Bertz CT molecular complexity index is 1500. The van der Waals surface area contributed by atoms with Gasteiger partial charge in [0, 0.05) is 49.5 Å². The van der Waals surface area contributed by atoms with Crippen molar-refractivity contribution in [1.29, 1.82) is 0 Å². The number of carboxylic acids is 1. The third-order valence-corrected chi connectivity index (χ3v) is 7.60. The van der Waals surface area contributed by atoms with Gasteiger partial charge in [-0.2, -0.15) is 0 Å². The van der Waals surface area contributed by atoms with Crippen LogP contribution in [0.5, 0.6) is 0 Å². The van der Waals surface area contributed by atoms with Gasteiger partial charge in [-0.25, -0.2) is 10.3 Å². The number of hydrogen-bond donors (Lipinski definition) is 4. The fourth-order valence-electron chi connectivity index (χ4n) is 5.16. The lowest BCUT2D eigenvalue weighted by Crippen LogP contribution is -2.45. The molecule has 10 nitrogen and oxygen atoms in total. The molecular weight excluding hydrogens is 534 g/mol. The van der Waals surface area contributed by atoms with Gasteiger partial charge in [-0.15, -0.1) is 0 Å². The van der Waals surface area contributed by atoms with E-state index in [-0.39, 0.29) is 17.4 Å². The van der Waals surface area contributed by atoms with Crippen LogP contribution in [-0.2, 0) is 16.1 Å². The number of rotatable bonds is 10. The summed E-state index contributed by atoms with van der Waals surface area (Å²) in [4.78, 5) is 47.7. The second kappa shape index (κ2) is 13.0. The molecule has 0 radical (unpaired) electrons. The van der Waals surface area contributed by atoms with Gasteiger partial charge >= 0.3 is 5.97 Å². The first kappa shape index (κ1) is 29.0. The zero-order valence-corrected chi connectivity index (χ0v) is 23.8. The number of piperazine rings is 1. The number of hydroxylamine groups is 1. The Morgan fingerprint density at radius 1 is 0.976 bits per heavy atom. The van der Waals surface area contributed by atoms with E-state index in [0.29, 0.717) is 52.4 Å². The number of likely N-dealkylation sites (N-methyl/N-ethyl adjacent to an activating group) is 1. The Morgan fingerprint density at radius 2 is 1.69 bits per heavy atom. The maximum atomic E-state index is 13.3. The van der Waals surface area contributed by atoms with Gasteiger partial charge in [-0.05, 0) is 61.0 Å². The molecule has 4 N–H and O–H groups in total. The Balaban J connectivity index is 1.33. The lowest BCUT2D eigenvalue weighted by atomic mass is 9.95. The fourth-order valence-corrected chi connectivity index (χ4v) is 5.16. The molecule has 0 spiro atoms. The van der Waals surface area contributed by atoms with Crippen molar-refractivity contribution in [2.45, 2.75) is 13.3 Å². The van der Waals surface area contributed by atoms with Crippen LogP contribution in [0.1, 0.15) is 44.3 Å². The molecule has 2 aliphatic heterocycles. The molecule has 42 heavy (non-hydrogen) atoms. The Morgan fingerprint density at radius 3 is 2.36 bits per heavy atom. The Hall–Kier alpha value is -4.51. The van der Waals surface area contributed by atoms with Crippen molar-refractivity contribution in [3.8, 4) is 0 Å². The van der Waals surface area contributed by atoms with E-state index >= 15 is 0 Å². The lowest BCUT2D eigenvalue weighted by molar-refractivity contribution is -0.110. The van der Waals surface area contributed by atoms with Gasteiger partial charge in [0.25, 0.3) is 11.8 Å². The molecule has 1 fully saturated rings. The second-order valence-electron chi connectivity index (χ2n) is 10.4. The maximum Gasteiger partial charge on any atom is 0.336 e. The van der Waals surface area contributed by atoms with E-state index in [1.54, 1.807) is 30.3 Å². The van der Waals surface area contributed by atoms with Gasteiger partial charge in [0.1, 0.15) is 0 Å². The summed E-state index contributed by atoms with van der Waals surface area (Å²) in [6.07, 6.45) is 0.508.